The number of likely N-dealkylation sites (tertiary alicyclic amines) is 1. The highest BCUT2D eigenvalue weighted by atomic mass is 16.3. The number of aliphatic hydroxyl groups is 1. The average molecular weight is 270 g/mol. The van der Waals surface area contributed by atoms with Crippen molar-refractivity contribution in [2.75, 3.05) is 13.1 Å². The van der Waals surface area contributed by atoms with Crippen LogP contribution in [0.3, 0.4) is 0 Å². The number of rotatable bonds is 3. The van der Waals surface area contributed by atoms with Gasteiger partial charge in [-0.2, -0.15) is 0 Å². The SMILES string of the molecule is O=C(c1cccn1Cc1ccccc1)N1CC[C@@H](O)C1. The van der Waals surface area contributed by atoms with Crippen LogP contribution in [-0.2, 0) is 6.54 Å². The number of benzene rings is 1. The molecule has 1 aliphatic heterocycles. The molecule has 1 atom stereocenters. The maximum absolute atomic E-state index is 12.5. The molecule has 2 aromatic rings. The first-order valence-electron chi connectivity index (χ1n) is 6.90. The molecule has 3 rings (SSSR count). The molecule has 1 aliphatic rings. The van der Waals surface area contributed by atoms with Gasteiger partial charge in [-0.1, -0.05) is 30.3 Å². The lowest BCUT2D eigenvalue weighted by molar-refractivity contribution is 0.0755. The Morgan fingerprint density at radius 3 is 2.70 bits per heavy atom. The van der Waals surface area contributed by atoms with E-state index >= 15 is 0 Å². The van der Waals surface area contributed by atoms with E-state index in [1.165, 1.54) is 5.56 Å². The molecular formula is C16H18N2O2. The maximum Gasteiger partial charge on any atom is 0.270 e. The largest absolute Gasteiger partial charge is 0.391 e. The fraction of sp³-hybridized carbons (Fsp3) is 0.312. The van der Waals surface area contributed by atoms with Crippen LogP contribution >= 0.6 is 0 Å². The van der Waals surface area contributed by atoms with E-state index in [2.05, 4.69) is 0 Å². The number of carbonyl (C=O) groups excluding carboxylic acids is 1. The second-order valence-electron chi connectivity index (χ2n) is 5.20. The minimum atomic E-state index is -0.378. The molecule has 0 radical (unpaired) electrons. The van der Waals surface area contributed by atoms with Gasteiger partial charge in [0.1, 0.15) is 5.69 Å². The third kappa shape index (κ3) is 2.60. The molecule has 0 saturated carbocycles. The summed E-state index contributed by atoms with van der Waals surface area (Å²) in [5.41, 5.74) is 1.85. The Labute approximate surface area is 118 Å². The molecule has 2 heterocycles. The number of hydrogen-bond donors (Lipinski definition) is 1. The number of aromatic nitrogens is 1. The first-order chi connectivity index (χ1) is 9.74. The lowest BCUT2D eigenvalue weighted by Crippen LogP contribution is -2.31. The van der Waals surface area contributed by atoms with E-state index in [0.29, 0.717) is 31.7 Å². The van der Waals surface area contributed by atoms with E-state index in [1.807, 2.05) is 53.2 Å². The van der Waals surface area contributed by atoms with Crippen molar-refractivity contribution in [3.8, 4) is 0 Å². The van der Waals surface area contributed by atoms with Gasteiger partial charge in [0.05, 0.1) is 6.10 Å². The molecule has 4 heteroatoms. The fourth-order valence-corrected chi connectivity index (χ4v) is 2.61. The van der Waals surface area contributed by atoms with Crippen molar-refractivity contribution in [3.05, 3.63) is 59.9 Å². The predicted molar refractivity (Wildman–Crippen MR) is 76.5 cm³/mol. The molecule has 20 heavy (non-hydrogen) atoms. The van der Waals surface area contributed by atoms with Crippen LogP contribution in [0.25, 0.3) is 0 Å². The molecule has 1 saturated heterocycles. The Balaban J connectivity index is 1.78. The Kier molecular flexibility index (Phi) is 3.56. The van der Waals surface area contributed by atoms with Crippen LogP contribution in [0.2, 0.25) is 0 Å². The second-order valence-corrected chi connectivity index (χ2v) is 5.20. The van der Waals surface area contributed by atoms with Crippen molar-refractivity contribution in [1.82, 2.24) is 9.47 Å². The van der Waals surface area contributed by atoms with Gasteiger partial charge in [-0.05, 0) is 24.1 Å². The number of nitrogens with zero attached hydrogens (tertiary/aromatic N) is 2. The Morgan fingerprint density at radius 1 is 1.20 bits per heavy atom. The van der Waals surface area contributed by atoms with Crippen LogP contribution in [0.1, 0.15) is 22.5 Å². The molecule has 1 N–H and O–H groups in total. The van der Waals surface area contributed by atoms with Gasteiger partial charge in [-0.25, -0.2) is 0 Å². The van der Waals surface area contributed by atoms with Crippen molar-refractivity contribution in [2.24, 2.45) is 0 Å². The Hall–Kier alpha value is -2.07. The molecule has 4 nitrogen and oxygen atoms in total. The van der Waals surface area contributed by atoms with Gasteiger partial charge in [0.2, 0.25) is 0 Å². The highest BCUT2D eigenvalue weighted by Gasteiger charge is 2.26. The summed E-state index contributed by atoms with van der Waals surface area (Å²) in [5.74, 6) is 0.00230. The van der Waals surface area contributed by atoms with Crippen molar-refractivity contribution in [1.29, 1.82) is 0 Å². The second kappa shape index (κ2) is 5.51. The summed E-state index contributed by atoms with van der Waals surface area (Å²) < 4.78 is 1.96. The van der Waals surface area contributed by atoms with Crippen LogP contribution in [0.4, 0.5) is 0 Å². The first kappa shape index (κ1) is 12.9. The summed E-state index contributed by atoms with van der Waals surface area (Å²) in [6.45, 7) is 1.76. The van der Waals surface area contributed by atoms with E-state index in [1.54, 1.807) is 4.90 Å². The summed E-state index contributed by atoms with van der Waals surface area (Å²) in [6.07, 6.45) is 2.22. The molecule has 1 amide bonds. The van der Waals surface area contributed by atoms with Crippen LogP contribution < -0.4 is 0 Å². The molecule has 0 unspecified atom stereocenters. The minimum Gasteiger partial charge on any atom is -0.391 e. The summed E-state index contributed by atoms with van der Waals surface area (Å²) in [5, 5.41) is 9.55. The Bertz CT molecular complexity index is 592. The summed E-state index contributed by atoms with van der Waals surface area (Å²) in [6, 6.07) is 13.8. The predicted octanol–water partition coefficient (Wildman–Crippen LogP) is 1.74. The van der Waals surface area contributed by atoms with Gasteiger partial charge in [0.15, 0.2) is 0 Å². The van der Waals surface area contributed by atoms with Crippen molar-refractivity contribution < 1.29 is 9.90 Å². The summed E-state index contributed by atoms with van der Waals surface area (Å²) in [4.78, 5) is 14.2. The van der Waals surface area contributed by atoms with Crippen molar-refractivity contribution in [2.45, 2.75) is 19.1 Å². The van der Waals surface area contributed by atoms with E-state index < -0.39 is 0 Å². The third-order valence-electron chi connectivity index (χ3n) is 3.69. The van der Waals surface area contributed by atoms with Crippen LogP contribution in [0.5, 0.6) is 0 Å². The summed E-state index contributed by atoms with van der Waals surface area (Å²) in [7, 11) is 0. The van der Waals surface area contributed by atoms with Gasteiger partial charge in [-0.15, -0.1) is 0 Å². The maximum atomic E-state index is 12.5. The molecule has 1 aromatic carbocycles. The molecule has 1 aromatic heterocycles. The quantitative estimate of drug-likeness (QED) is 0.923. The Morgan fingerprint density at radius 2 is 2.00 bits per heavy atom. The molecular weight excluding hydrogens is 252 g/mol. The number of carbonyl (C=O) groups is 1. The molecule has 0 aliphatic carbocycles. The van der Waals surface area contributed by atoms with Gasteiger partial charge < -0.3 is 14.6 Å². The number of aliphatic hydroxyl groups excluding tert-OH is 1. The molecule has 0 bridgehead atoms. The minimum absolute atomic E-state index is 0.00230. The lowest BCUT2D eigenvalue weighted by Gasteiger charge is -2.17. The van der Waals surface area contributed by atoms with Gasteiger partial charge in [0, 0.05) is 25.8 Å². The highest BCUT2D eigenvalue weighted by molar-refractivity contribution is 5.93. The molecule has 0 spiro atoms. The van der Waals surface area contributed by atoms with Crippen molar-refractivity contribution >= 4 is 5.91 Å². The van der Waals surface area contributed by atoms with Gasteiger partial charge in [-0.3, -0.25) is 4.79 Å². The standard InChI is InChI=1S/C16H18N2O2/c19-14-8-10-18(12-14)16(20)15-7-4-9-17(15)11-13-5-2-1-3-6-13/h1-7,9,14,19H,8,10-12H2/t14-/m1/s1. The number of hydrogen-bond acceptors (Lipinski definition) is 2. The van der Waals surface area contributed by atoms with Gasteiger partial charge in [0.25, 0.3) is 5.91 Å². The van der Waals surface area contributed by atoms with E-state index in [9.17, 15) is 9.90 Å². The zero-order valence-corrected chi connectivity index (χ0v) is 11.3. The van der Waals surface area contributed by atoms with E-state index in [4.69, 9.17) is 0 Å². The van der Waals surface area contributed by atoms with Gasteiger partial charge >= 0.3 is 0 Å². The van der Waals surface area contributed by atoms with Crippen molar-refractivity contribution in [3.63, 3.8) is 0 Å². The van der Waals surface area contributed by atoms with E-state index in [-0.39, 0.29) is 12.0 Å². The van der Waals surface area contributed by atoms with Crippen LogP contribution in [0, 0.1) is 0 Å². The zero-order chi connectivity index (χ0) is 13.9. The molecule has 104 valence electrons. The number of β-amino-alcohol motifs (C(OH)–C–C–N with tert-alkyl or cyclic N) is 1. The van der Waals surface area contributed by atoms with Crippen LogP contribution in [-0.4, -0.2) is 39.7 Å². The highest BCUT2D eigenvalue weighted by Crippen LogP contribution is 2.15. The first-order valence-corrected chi connectivity index (χ1v) is 6.90. The normalized spacial score (nSPS) is 18.4. The topological polar surface area (TPSA) is 45.5 Å². The monoisotopic (exact) mass is 270 g/mol. The molecule has 1 fully saturated rings. The van der Waals surface area contributed by atoms with E-state index in [0.717, 1.165) is 0 Å². The third-order valence-corrected chi connectivity index (χ3v) is 3.69. The van der Waals surface area contributed by atoms with Crippen LogP contribution in [0.15, 0.2) is 48.7 Å². The lowest BCUT2D eigenvalue weighted by atomic mass is 10.2. The average Bonchev–Trinajstić information content (AvgIpc) is 3.08. The summed E-state index contributed by atoms with van der Waals surface area (Å²) >= 11 is 0. The number of amides is 1. The fourth-order valence-electron chi connectivity index (χ4n) is 2.61. The zero-order valence-electron chi connectivity index (χ0n) is 11.3. The smallest absolute Gasteiger partial charge is 0.270 e.